The van der Waals surface area contributed by atoms with Crippen molar-refractivity contribution in [2.45, 2.75) is 51.5 Å². The standard InChI is InChI=1S/C18H27N/c1-3-19-18(15-11-7-8-13(15)2)17-12-16(17)14-9-5-4-6-10-14/h4-6,9-10,13,15-19H,3,7-8,11-12H2,1-2H3. The molecule has 1 aromatic rings. The van der Waals surface area contributed by atoms with Crippen molar-refractivity contribution in [1.29, 1.82) is 0 Å². The molecule has 2 aliphatic rings. The highest BCUT2D eigenvalue weighted by molar-refractivity contribution is 5.27. The second-order valence-corrected chi connectivity index (χ2v) is 6.57. The van der Waals surface area contributed by atoms with Gasteiger partial charge in [-0.05, 0) is 48.6 Å². The highest BCUT2D eigenvalue weighted by atomic mass is 14.9. The predicted octanol–water partition coefficient (Wildman–Crippen LogP) is 4.20. The van der Waals surface area contributed by atoms with Crippen molar-refractivity contribution in [2.75, 3.05) is 6.54 Å². The summed E-state index contributed by atoms with van der Waals surface area (Å²) in [7, 11) is 0. The van der Waals surface area contributed by atoms with E-state index in [1.54, 1.807) is 5.56 Å². The van der Waals surface area contributed by atoms with Crippen molar-refractivity contribution in [1.82, 2.24) is 5.32 Å². The molecule has 2 saturated carbocycles. The van der Waals surface area contributed by atoms with Gasteiger partial charge in [0.25, 0.3) is 0 Å². The second kappa shape index (κ2) is 5.66. The van der Waals surface area contributed by atoms with E-state index in [4.69, 9.17) is 0 Å². The van der Waals surface area contributed by atoms with Crippen LogP contribution in [-0.2, 0) is 0 Å². The third-order valence-electron chi connectivity index (χ3n) is 5.36. The molecule has 0 amide bonds. The largest absolute Gasteiger partial charge is 0.314 e. The molecule has 1 heteroatoms. The fourth-order valence-corrected chi connectivity index (χ4v) is 4.26. The van der Waals surface area contributed by atoms with Gasteiger partial charge in [-0.3, -0.25) is 0 Å². The maximum Gasteiger partial charge on any atom is 0.0132 e. The monoisotopic (exact) mass is 257 g/mol. The Balaban J connectivity index is 1.69. The first-order valence-electron chi connectivity index (χ1n) is 8.09. The summed E-state index contributed by atoms with van der Waals surface area (Å²) in [5.41, 5.74) is 1.56. The van der Waals surface area contributed by atoms with E-state index in [1.165, 1.54) is 25.7 Å². The summed E-state index contributed by atoms with van der Waals surface area (Å²) in [4.78, 5) is 0. The lowest BCUT2D eigenvalue weighted by Gasteiger charge is -2.28. The van der Waals surface area contributed by atoms with E-state index in [1.807, 2.05) is 0 Å². The molecular weight excluding hydrogens is 230 g/mol. The summed E-state index contributed by atoms with van der Waals surface area (Å²) < 4.78 is 0. The van der Waals surface area contributed by atoms with Gasteiger partial charge in [0, 0.05) is 6.04 Å². The first-order chi connectivity index (χ1) is 9.31. The lowest BCUT2D eigenvalue weighted by atomic mass is 9.86. The van der Waals surface area contributed by atoms with Crippen molar-refractivity contribution in [2.24, 2.45) is 17.8 Å². The van der Waals surface area contributed by atoms with Gasteiger partial charge in [0.1, 0.15) is 0 Å². The van der Waals surface area contributed by atoms with E-state index >= 15 is 0 Å². The molecule has 2 aliphatic carbocycles. The van der Waals surface area contributed by atoms with Crippen LogP contribution in [0.2, 0.25) is 0 Å². The molecule has 0 spiro atoms. The summed E-state index contributed by atoms with van der Waals surface area (Å²) in [6.07, 6.45) is 5.72. The molecule has 1 N–H and O–H groups in total. The Morgan fingerprint density at radius 2 is 1.95 bits per heavy atom. The van der Waals surface area contributed by atoms with Crippen LogP contribution in [0, 0.1) is 17.8 Å². The molecule has 1 aromatic carbocycles. The van der Waals surface area contributed by atoms with Gasteiger partial charge < -0.3 is 5.32 Å². The number of benzene rings is 1. The second-order valence-electron chi connectivity index (χ2n) is 6.57. The first kappa shape index (κ1) is 13.2. The smallest absolute Gasteiger partial charge is 0.0132 e. The van der Waals surface area contributed by atoms with Gasteiger partial charge in [0.05, 0.1) is 0 Å². The van der Waals surface area contributed by atoms with E-state index in [2.05, 4.69) is 49.5 Å². The number of hydrogen-bond acceptors (Lipinski definition) is 1. The molecule has 3 rings (SSSR count). The molecule has 0 aromatic heterocycles. The molecule has 0 saturated heterocycles. The minimum Gasteiger partial charge on any atom is -0.314 e. The van der Waals surface area contributed by atoms with Crippen molar-refractivity contribution in [3.05, 3.63) is 35.9 Å². The summed E-state index contributed by atoms with van der Waals surface area (Å²) >= 11 is 0. The van der Waals surface area contributed by atoms with E-state index in [-0.39, 0.29) is 0 Å². The van der Waals surface area contributed by atoms with E-state index in [0.29, 0.717) is 0 Å². The summed E-state index contributed by atoms with van der Waals surface area (Å²) in [6.45, 7) is 5.83. The lowest BCUT2D eigenvalue weighted by molar-refractivity contribution is 0.272. The Morgan fingerprint density at radius 1 is 1.16 bits per heavy atom. The fraction of sp³-hybridized carbons (Fsp3) is 0.667. The van der Waals surface area contributed by atoms with E-state index < -0.39 is 0 Å². The highest BCUT2D eigenvalue weighted by Gasteiger charge is 2.47. The Labute approximate surface area is 117 Å². The van der Waals surface area contributed by atoms with Crippen molar-refractivity contribution >= 4 is 0 Å². The minimum absolute atomic E-state index is 0.757. The van der Waals surface area contributed by atoms with E-state index in [9.17, 15) is 0 Å². The van der Waals surface area contributed by atoms with Crippen molar-refractivity contribution < 1.29 is 0 Å². The zero-order valence-corrected chi connectivity index (χ0v) is 12.3. The maximum atomic E-state index is 3.82. The summed E-state index contributed by atoms with van der Waals surface area (Å²) in [5, 5.41) is 3.82. The van der Waals surface area contributed by atoms with Gasteiger partial charge in [0.2, 0.25) is 0 Å². The Bertz CT molecular complexity index is 399. The Hall–Kier alpha value is -0.820. The van der Waals surface area contributed by atoms with Gasteiger partial charge in [-0.25, -0.2) is 0 Å². The van der Waals surface area contributed by atoms with Crippen LogP contribution < -0.4 is 5.32 Å². The van der Waals surface area contributed by atoms with Crippen LogP contribution in [0.5, 0.6) is 0 Å². The van der Waals surface area contributed by atoms with Crippen LogP contribution in [0.4, 0.5) is 0 Å². The van der Waals surface area contributed by atoms with Crippen LogP contribution in [0.3, 0.4) is 0 Å². The molecule has 1 nitrogen and oxygen atoms in total. The molecule has 0 aliphatic heterocycles. The van der Waals surface area contributed by atoms with Gasteiger partial charge in [-0.2, -0.15) is 0 Å². The highest BCUT2D eigenvalue weighted by Crippen LogP contribution is 2.53. The number of hydrogen-bond donors (Lipinski definition) is 1. The fourth-order valence-electron chi connectivity index (χ4n) is 4.26. The third-order valence-corrected chi connectivity index (χ3v) is 5.36. The third kappa shape index (κ3) is 2.72. The Kier molecular flexibility index (Phi) is 3.93. The number of nitrogens with one attached hydrogen (secondary N) is 1. The SMILES string of the molecule is CCNC(C1CCCC1C)C1CC1c1ccccc1. The normalized spacial score (nSPS) is 35.3. The summed E-state index contributed by atoms with van der Waals surface area (Å²) in [6, 6.07) is 11.9. The molecule has 0 bridgehead atoms. The quantitative estimate of drug-likeness (QED) is 0.833. The molecule has 2 fully saturated rings. The van der Waals surface area contributed by atoms with Crippen LogP contribution >= 0.6 is 0 Å². The number of rotatable bonds is 5. The van der Waals surface area contributed by atoms with Gasteiger partial charge >= 0.3 is 0 Å². The topological polar surface area (TPSA) is 12.0 Å². The van der Waals surface area contributed by atoms with Crippen LogP contribution in [0.25, 0.3) is 0 Å². The van der Waals surface area contributed by atoms with Crippen molar-refractivity contribution in [3.63, 3.8) is 0 Å². The molecule has 19 heavy (non-hydrogen) atoms. The molecule has 5 atom stereocenters. The van der Waals surface area contributed by atoms with Crippen LogP contribution in [-0.4, -0.2) is 12.6 Å². The maximum absolute atomic E-state index is 3.82. The lowest BCUT2D eigenvalue weighted by Crippen LogP contribution is -2.39. The average molecular weight is 257 g/mol. The van der Waals surface area contributed by atoms with Crippen molar-refractivity contribution in [3.8, 4) is 0 Å². The van der Waals surface area contributed by atoms with Crippen LogP contribution in [0.15, 0.2) is 30.3 Å². The molecule has 0 heterocycles. The van der Waals surface area contributed by atoms with E-state index in [0.717, 1.165) is 36.3 Å². The van der Waals surface area contributed by atoms with Crippen LogP contribution in [0.1, 0.15) is 51.0 Å². The first-order valence-corrected chi connectivity index (χ1v) is 8.09. The minimum atomic E-state index is 0.757. The molecular formula is C18H27N. The summed E-state index contributed by atoms with van der Waals surface area (Å²) in [5.74, 6) is 3.53. The molecule has 5 unspecified atom stereocenters. The van der Waals surface area contributed by atoms with Gasteiger partial charge in [-0.1, -0.05) is 57.0 Å². The predicted molar refractivity (Wildman–Crippen MR) is 81.3 cm³/mol. The molecule has 0 radical (unpaired) electrons. The van der Waals surface area contributed by atoms with Gasteiger partial charge in [0.15, 0.2) is 0 Å². The molecule has 104 valence electrons. The Morgan fingerprint density at radius 3 is 2.58 bits per heavy atom. The average Bonchev–Trinajstić information content (AvgIpc) is 3.12. The zero-order valence-electron chi connectivity index (χ0n) is 12.3. The zero-order chi connectivity index (χ0) is 13.2. The van der Waals surface area contributed by atoms with Gasteiger partial charge in [-0.15, -0.1) is 0 Å².